The van der Waals surface area contributed by atoms with Crippen LogP contribution in [-0.4, -0.2) is 70.6 Å². The number of halogens is 2. The number of amides is 1. The number of carbonyl (C=O) groups excluding carboxylic acids is 1. The van der Waals surface area contributed by atoms with Crippen LogP contribution >= 0.6 is 0 Å². The molecule has 1 N–H and O–H groups in total. The Morgan fingerprint density at radius 3 is 2.63 bits per heavy atom. The second kappa shape index (κ2) is 7.03. The lowest BCUT2D eigenvalue weighted by molar-refractivity contribution is -0.0399. The van der Waals surface area contributed by atoms with Gasteiger partial charge < -0.3 is 15.1 Å². The van der Waals surface area contributed by atoms with E-state index in [2.05, 4.69) is 32.2 Å². The lowest BCUT2D eigenvalue weighted by Crippen LogP contribution is -2.44. The molecule has 1 aliphatic heterocycles. The van der Waals surface area contributed by atoms with Gasteiger partial charge in [-0.05, 0) is 19.9 Å². The van der Waals surface area contributed by atoms with Crippen LogP contribution < -0.4 is 10.2 Å². The van der Waals surface area contributed by atoms with E-state index < -0.39 is 5.92 Å². The first-order valence-electron chi connectivity index (χ1n) is 9.37. The number of hydrogen-bond donors (Lipinski definition) is 1. The quantitative estimate of drug-likeness (QED) is 0.882. The van der Waals surface area contributed by atoms with Crippen LogP contribution in [0.5, 0.6) is 0 Å². The number of aromatic nitrogens is 3. The van der Waals surface area contributed by atoms with Crippen LogP contribution in [0.4, 0.5) is 14.6 Å². The zero-order valence-electron chi connectivity index (χ0n) is 15.4. The second-order valence-corrected chi connectivity index (χ2v) is 7.54. The molecule has 0 spiro atoms. The first-order valence-corrected chi connectivity index (χ1v) is 9.37. The van der Waals surface area contributed by atoms with E-state index in [-0.39, 0.29) is 24.8 Å². The van der Waals surface area contributed by atoms with Crippen molar-refractivity contribution in [2.45, 2.75) is 37.6 Å². The first kappa shape index (κ1) is 18.1. The van der Waals surface area contributed by atoms with Crippen LogP contribution in [0.2, 0.25) is 0 Å². The van der Waals surface area contributed by atoms with Crippen molar-refractivity contribution in [1.29, 1.82) is 0 Å². The van der Waals surface area contributed by atoms with Crippen molar-refractivity contribution in [3.63, 3.8) is 0 Å². The van der Waals surface area contributed by atoms with Crippen molar-refractivity contribution in [2.24, 2.45) is 0 Å². The van der Waals surface area contributed by atoms with Gasteiger partial charge in [-0.15, -0.1) is 5.10 Å². The van der Waals surface area contributed by atoms with Gasteiger partial charge in [-0.25, -0.2) is 18.3 Å². The minimum atomic E-state index is -2.60. The highest BCUT2D eigenvalue weighted by Crippen LogP contribution is 2.33. The van der Waals surface area contributed by atoms with Crippen molar-refractivity contribution < 1.29 is 13.6 Å². The monoisotopic (exact) mass is 378 g/mol. The van der Waals surface area contributed by atoms with Gasteiger partial charge in [0.15, 0.2) is 11.5 Å². The smallest absolute Gasteiger partial charge is 0.254 e. The highest BCUT2D eigenvalue weighted by Gasteiger charge is 2.35. The maximum Gasteiger partial charge on any atom is 0.254 e. The van der Waals surface area contributed by atoms with Crippen molar-refractivity contribution in [3.8, 4) is 0 Å². The van der Waals surface area contributed by atoms with E-state index in [1.807, 2.05) is 6.07 Å². The molecule has 1 saturated carbocycles. The van der Waals surface area contributed by atoms with Crippen molar-refractivity contribution in [3.05, 3.63) is 24.0 Å². The molecule has 9 heteroatoms. The van der Waals surface area contributed by atoms with Crippen LogP contribution in [0.3, 0.4) is 0 Å². The summed E-state index contributed by atoms with van der Waals surface area (Å²) in [4.78, 5) is 21.3. The average Bonchev–Trinajstić information content (AvgIpc) is 3.07. The molecule has 2 fully saturated rings. The Bertz CT molecular complexity index is 820. The third kappa shape index (κ3) is 4.02. The van der Waals surface area contributed by atoms with Gasteiger partial charge in [0.25, 0.3) is 5.91 Å². The molecule has 4 rings (SSSR count). The molecular weight excluding hydrogens is 354 g/mol. The summed E-state index contributed by atoms with van der Waals surface area (Å²) in [5.74, 6) is -2.05. The van der Waals surface area contributed by atoms with Crippen molar-refractivity contribution >= 4 is 17.4 Å². The molecule has 0 radical (unpaired) electrons. The van der Waals surface area contributed by atoms with E-state index in [1.165, 1.54) is 6.20 Å². The summed E-state index contributed by atoms with van der Waals surface area (Å²) in [6, 6.07) is 1.70. The summed E-state index contributed by atoms with van der Waals surface area (Å²) < 4.78 is 28.1. The molecule has 0 bridgehead atoms. The molecule has 2 aromatic rings. The molecule has 0 atom stereocenters. The normalized spacial score (nSPS) is 21.5. The summed E-state index contributed by atoms with van der Waals surface area (Å²) in [5, 5.41) is 7.40. The Balaban J connectivity index is 1.44. The van der Waals surface area contributed by atoms with Gasteiger partial charge in [-0.2, -0.15) is 0 Å². The highest BCUT2D eigenvalue weighted by atomic mass is 19.3. The van der Waals surface area contributed by atoms with Gasteiger partial charge in [0.2, 0.25) is 5.92 Å². The van der Waals surface area contributed by atoms with E-state index in [0.717, 1.165) is 32.0 Å². The molecule has 1 saturated heterocycles. The minimum absolute atomic E-state index is 0.178. The molecule has 146 valence electrons. The number of alkyl halides is 2. The largest absolute Gasteiger partial charge is 0.353 e. The SMILES string of the molecule is CN1CCN(c2cc3ncc(C(=O)NC4CCC(F)(F)CC4)cn3n2)CC1. The fraction of sp³-hybridized carbons (Fsp3) is 0.611. The minimum Gasteiger partial charge on any atom is -0.353 e. The standard InChI is InChI=1S/C18H24F2N6O/c1-24-6-8-25(9-7-24)16-10-15-21-11-13(12-26(15)23-16)17(27)22-14-2-4-18(19,20)5-3-14/h10-12,14H,2-9H2,1H3,(H,22,27). The predicted molar refractivity (Wildman–Crippen MR) is 97.4 cm³/mol. The lowest BCUT2D eigenvalue weighted by Gasteiger charge is -2.32. The topological polar surface area (TPSA) is 65.8 Å². The van der Waals surface area contributed by atoms with Gasteiger partial charge >= 0.3 is 0 Å². The predicted octanol–water partition coefficient (Wildman–Crippen LogP) is 1.79. The maximum atomic E-state index is 13.2. The molecule has 0 aromatic carbocycles. The van der Waals surface area contributed by atoms with Gasteiger partial charge in [0, 0.05) is 63.5 Å². The zero-order valence-corrected chi connectivity index (χ0v) is 15.4. The number of hydrogen-bond acceptors (Lipinski definition) is 5. The van der Waals surface area contributed by atoms with Crippen LogP contribution in [0, 0.1) is 0 Å². The van der Waals surface area contributed by atoms with Gasteiger partial charge in [-0.3, -0.25) is 4.79 Å². The molecule has 27 heavy (non-hydrogen) atoms. The Labute approximate surface area is 156 Å². The van der Waals surface area contributed by atoms with E-state index >= 15 is 0 Å². The fourth-order valence-corrected chi connectivity index (χ4v) is 3.62. The third-order valence-electron chi connectivity index (χ3n) is 5.44. The second-order valence-electron chi connectivity index (χ2n) is 7.54. The summed E-state index contributed by atoms with van der Waals surface area (Å²) in [6.45, 7) is 3.77. The number of fused-ring (bicyclic) bond motifs is 1. The zero-order chi connectivity index (χ0) is 19.0. The van der Waals surface area contributed by atoms with Crippen LogP contribution in [0.25, 0.3) is 5.65 Å². The van der Waals surface area contributed by atoms with E-state index in [1.54, 1.807) is 10.7 Å². The van der Waals surface area contributed by atoms with Gasteiger partial charge in [0.05, 0.1) is 5.56 Å². The molecular formula is C18H24F2N6O. The van der Waals surface area contributed by atoms with Crippen LogP contribution in [-0.2, 0) is 0 Å². The van der Waals surface area contributed by atoms with E-state index in [4.69, 9.17) is 0 Å². The molecule has 3 heterocycles. The van der Waals surface area contributed by atoms with Crippen LogP contribution in [0.15, 0.2) is 18.5 Å². The van der Waals surface area contributed by atoms with Crippen molar-refractivity contribution in [1.82, 2.24) is 24.8 Å². The Morgan fingerprint density at radius 2 is 1.93 bits per heavy atom. The van der Waals surface area contributed by atoms with Crippen molar-refractivity contribution in [2.75, 3.05) is 38.1 Å². The average molecular weight is 378 g/mol. The third-order valence-corrected chi connectivity index (χ3v) is 5.44. The highest BCUT2D eigenvalue weighted by molar-refractivity contribution is 5.94. The number of anilines is 1. The molecule has 2 aromatic heterocycles. The number of rotatable bonds is 3. The fourth-order valence-electron chi connectivity index (χ4n) is 3.62. The maximum absolute atomic E-state index is 13.2. The molecule has 0 unspecified atom stereocenters. The summed E-state index contributed by atoms with van der Waals surface area (Å²) in [5.41, 5.74) is 1.06. The Hall–Kier alpha value is -2.29. The van der Waals surface area contributed by atoms with Crippen LogP contribution in [0.1, 0.15) is 36.0 Å². The molecule has 7 nitrogen and oxygen atoms in total. The molecule has 1 amide bonds. The summed E-state index contributed by atoms with van der Waals surface area (Å²) in [6.07, 6.45) is 3.39. The Kier molecular flexibility index (Phi) is 4.71. The van der Waals surface area contributed by atoms with E-state index in [0.29, 0.717) is 24.1 Å². The molecule has 2 aliphatic rings. The number of nitrogens with zero attached hydrogens (tertiary/aromatic N) is 5. The molecule has 1 aliphatic carbocycles. The van der Waals surface area contributed by atoms with Gasteiger partial charge in [-0.1, -0.05) is 0 Å². The van der Waals surface area contributed by atoms with Gasteiger partial charge in [0.1, 0.15) is 0 Å². The summed E-state index contributed by atoms with van der Waals surface area (Å²) >= 11 is 0. The number of nitrogens with one attached hydrogen (secondary N) is 1. The lowest BCUT2D eigenvalue weighted by atomic mass is 9.92. The van der Waals surface area contributed by atoms with E-state index in [9.17, 15) is 13.6 Å². The first-order chi connectivity index (χ1) is 12.9. The number of likely N-dealkylation sites (N-methyl/N-ethyl adjacent to an activating group) is 1. The number of carbonyl (C=O) groups is 1. The summed E-state index contributed by atoms with van der Waals surface area (Å²) in [7, 11) is 2.10. The Morgan fingerprint density at radius 1 is 1.22 bits per heavy atom. The number of piperazine rings is 1.